The maximum absolute atomic E-state index is 13.1. The van der Waals surface area contributed by atoms with Crippen LogP contribution in [-0.2, 0) is 20.3 Å². The lowest BCUT2D eigenvalue weighted by atomic mass is 10.1. The van der Waals surface area contributed by atoms with Gasteiger partial charge in [0.05, 0.1) is 17.4 Å². The van der Waals surface area contributed by atoms with E-state index < -0.39 is 36.9 Å². The van der Waals surface area contributed by atoms with Gasteiger partial charge in [-0.15, -0.1) is 3.89 Å². The summed E-state index contributed by atoms with van der Waals surface area (Å²) in [6.07, 6.45) is 1.23. The number of nitrogens with two attached hydrogens (primary N) is 2. The van der Waals surface area contributed by atoms with Crippen LogP contribution in [0.15, 0.2) is 57.3 Å². The first-order valence-corrected chi connectivity index (χ1v) is 15.8. The maximum atomic E-state index is 13.1. The monoisotopic (exact) mass is 649 g/mol. The van der Waals surface area contributed by atoms with Crippen LogP contribution in [0.5, 0.6) is 5.75 Å². The first-order valence-electron chi connectivity index (χ1n) is 12.4. The molecule has 0 fully saturated rings. The summed E-state index contributed by atoms with van der Waals surface area (Å²) in [7, 11) is -8.51. The van der Waals surface area contributed by atoms with E-state index in [0.717, 1.165) is 12.1 Å². The minimum atomic E-state index is -4.85. The SMILES string of the molecule is CC1(C)N=C(N)N=C(N)N1c1ccc(OCCCCNC(=O)Nc2cccc(S(=O)(=O)F)c2)c(Cl)c1.CCS(=O)(=O)O. The molecule has 14 nitrogen and oxygen atoms in total. The van der Waals surface area contributed by atoms with Gasteiger partial charge in [0, 0.05) is 17.9 Å². The van der Waals surface area contributed by atoms with Crippen LogP contribution >= 0.6 is 11.6 Å². The van der Waals surface area contributed by atoms with Gasteiger partial charge in [-0.25, -0.2) is 9.79 Å². The molecule has 7 N–H and O–H groups in total. The molecule has 18 heteroatoms. The third-order valence-corrected chi connectivity index (χ3v) is 7.26. The van der Waals surface area contributed by atoms with E-state index in [0.29, 0.717) is 42.5 Å². The Bertz CT molecular complexity index is 1550. The third-order valence-electron chi connectivity index (χ3n) is 5.42. The van der Waals surface area contributed by atoms with Crippen molar-refractivity contribution in [1.29, 1.82) is 0 Å². The third kappa shape index (κ3) is 11.0. The molecule has 3 rings (SSSR count). The van der Waals surface area contributed by atoms with Crippen molar-refractivity contribution in [1.82, 2.24) is 5.32 Å². The number of nitrogens with zero attached hydrogens (tertiary/aromatic N) is 3. The van der Waals surface area contributed by atoms with Crippen LogP contribution < -0.4 is 31.7 Å². The van der Waals surface area contributed by atoms with Gasteiger partial charge >= 0.3 is 16.3 Å². The Labute approximate surface area is 248 Å². The van der Waals surface area contributed by atoms with E-state index in [-0.39, 0.29) is 23.4 Å². The number of anilines is 2. The summed E-state index contributed by atoms with van der Waals surface area (Å²) in [5.74, 6) is 0.594. The molecule has 0 aliphatic carbocycles. The number of nitrogens with one attached hydrogen (secondary N) is 2. The van der Waals surface area contributed by atoms with Gasteiger partial charge in [0.2, 0.25) is 11.9 Å². The van der Waals surface area contributed by atoms with Crippen LogP contribution in [0.2, 0.25) is 5.02 Å². The summed E-state index contributed by atoms with van der Waals surface area (Å²) in [6, 6.07) is 9.58. The van der Waals surface area contributed by atoms with Crippen LogP contribution in [-0.4, -0.2) is 63.9 Å². The lowest BCUT2D eigenvalue weighted by molar-refractivity contribution is 0.251. The van der Waals surface area contributed by atoms with E-state index in [2.05, 4.69) is 20.6 Å². The molecule has 42 heavy (non-hydrogen) atoms. The van der Waals surface area contributed by atoms with Gasteiger partial charge in [-0.1, -0.05) is 17.7 Å². The smallest absolute Gasteiger partial charge is 0.332 e. The zero-order chi connectivity index (χ0) is 31.7. The summed E-state index contributed by atoms with van der Waals surface area (Å²) in [6.45, 7) is 5.77. The number of urea groups is 1. The fourth-order valence-corrected chi connectivity index (χ4v) is 4.25. The van der Waals surface area contributed by atoms with Gasteiger partial charge < -0.3 is 26.8 Å². The van der Waals surface area contributed by atoms with Crippen molar-refractivity contribution in [2.75, 3.05) is 29.1 Å². The van der Waals surface area contributed by atoms with Gasteiger partial charge in [0.1, 0.15) is 16.3 Å². The molecular formula is C24H33ClFN7O7S2. The molecule has 0 spiro atoms. The molecular weight excluding hydrogens is 617 g/mol. The predicted octanol–water partition coefficient (Wildman–Crippen LogP) is 3.06. The summed E-state index contributed by atoms with van der Waals surface area (Å²) in [4.78, 5) is 21.5. The Morgan fingerprint density at radius 2 is 1.81 bits per heavy atom. The summed E-state index contributed by atoms with van der Waals surface area (Å²) in [5, 5.41) is 5.47. The van der Waals surface area contributed by atoms with Crippen LogP contribution in [0.1, 0.15) is 33.6 Å². The average Bonchev–Trinajstić information content (AvgIpc) is 2.85. The predicted molar refractivity (Wildman–Crippen MR) is 160 cm³/mol. The minimum absolute atomic E-state index is 0.105. The molecule has 0 aromatic heterocycles. The number of ether oxygens (including phenoxy) is 1. The quantitative estimate of drug-likeness (QED) is 0.144. The van der Waals surface area contributed by atoms with Crippen molar-refractivity contribution in [3.05, 3.63) is 47.5 Å². The molecule has 232 valence electrons. The fraction of sp³-hybridized carbons (Fsp3) is 0.375. The summed E-state index contributed by atoms with van der Waals surface area (Å²) in [5.41, 5.74) is 11.8. The number of aliphatic imine (C=N–C) groups is 2. The molecule has 1 aliphatic rings. The van der Waals surface area contributed by atoms with Crippen molar-refractivity contribution in [2.45, 2.75) is 44.2 Å². The maximum Gasteiger partial charge on any atom is 0.332 e. The highest BCUT2D eigenvalue weighted by Crippen LogP contribution is 2.34. The van der Waals surface area contributed by atoms with E-state index in [1.165, 1.54) is 19.1 Å². The molecule has 2 amide bonds. The van der Waals surface area contributed by atoms with Crippen LogP contribution in [0.25, 0.3) is 0 Å². The number of amides is 2. The molecule has 0 atom stereocenters. The number of carbonyl (C=O) groups excluding carboxylic acids is 1. The highest BCUT2D eigenvalue weighted by Gasteiger charge is 2.33. The first kappa shape index (κ1) is 34.5. The lowest BCUT2D eigenvalue weighted by Crippen LogP contribution is -2.54. The van der Waals surface area contributed by atoms with E-state index in [1.807, 2.05) is 13.8 Å². The van der Waals surface area contributed by atoms with E-state index in [1.54, 1.807) is 23.1 Å². The van der Waals surface area contributed by atoms with Crippen molar-refractivity contribution < 1.29 is 34.8 Å². The second-order valence-corrected chi connectivity index (χ2v) is 12.7. The average molecular weight is 650 g/mol. The van der Waals surface area contributed by atoms with Gasteiger partial charge in [0.15, 0.2) is 0 Å². The number of hydrogen-bond donors (Lipinski definition) is 5. The second kappa shape index (κ2) is 14.5. The topological polar surface area (TPSA) is 219 Å². The number of halogens is 2. The molecule has 2 aromatic rings. The van der Waals surface area contributed by atoms with Crippen molar-refractivity contribution in [3.63, 3.8) is 0 Å². The summed E-state index contributed by atoms with van der Waals surface area (Å²) < 4.78 is 67.7. The first-order chi connectivity index (χ1) is 19.4. The van der Waals surface area contributed by atoms with Crippen molar-refractivity contribution >= 4 is 61.3 Å². The molecule has 2 aromatic carbocycles. The van der Waals surface area contributed by atoms with Crippen LogP contribution in [0.4, 0.5) is 20.1 Å². The highest BCUT2D eigenvalue weighted by atomic mass is 35.5. The number of rotatable bonds is 10. The van der Waals surface area contributed by atoms with Crippen LogP contribution in [0.3, 0.4) is 0 Å². The van der Waals surface area contributed by atoms with E-state index in [9.17, 15) is 25.5 Å². The Hall–Kier alpha value is -3.67. The number of benzene rings is 2. The Kier molecular flexibility index (Phi) is 11.9. The van der Waals surface area contributed by atoms with Gasteiger partial charge in [-0.2, -0.15) is 21.8 Å². The van der Waals surface area contributed by atoms with E-state index in [4.69, 9.17) is 32.4 Å². The van der Waals surface area contributed by atoms with Gasteiger partial charge in [-0.3, -0.25) is 9.45 Å². The normalized spacial score (nSPS) is 14.6. The van der Waals surface area contributed by atoms with Crippen molar-refractivity contribution in [3.8, 4) is 5.75 Å². The van der Waals surface area contributed by atoms with Crippen LogP contribution in [0, 0.1) is 0 Å². The minimum Gasteiger partial charge on any atom is -0.492 e. The van der Waals surface area contributed by atoms with E-state index >= 15 is 0 Å². The Balaban J connectivity index is 0.000000928. The molecule has 0 unspecified atom stereocenters. The summed E-state index contributed by atoms with van der Waals surface area (Å²) >= 11 is 6.40. The van der Waals surface area contributed by atoms with Gasteiger partial charge in [0.25, 0.3) is 10.1 Å². The molecule has 0 saturated heterocycles. The standard InChI is InChI=1S/C22H27ClFN7O4S.C2H6O3S/c1-22(2)30-19(25)29-20(26)31(22)15-8-9-18(17(23)13-15)35-11-4-3-10-27-21(32)28-14-6-5-7-16(12-14)36(24,33)34;1-2-6(3,4)5/h5-9,12-13H,3-4,10-11H2,1-2H3,(H2,27,28,32)(H4,25,26,29,30);2H2,1H3,(H,3,4,5). The zero-order valence-electron chi connectivity index (χ0n) is 23.0. The number of carbonyl (C=O) groups is 1. The Morgan fingerprint density at radius 1 is 1.14 bits per heavy atom. The zero-order valence-corrected chi connectivity index (χ0v) is 25.4. The molecule has 1 heterocycles. The molecule has 1 aliphatic heterocycles. The number of hydrogen-bond acceptors (Lipinski definition) is 11. The molecule has 0 radical (unpaired) electrons. The largest absolute Gasteiger partial charge is 0.492 e. The number of guanidine groups is 2. The fourth-order valence-electron chi connectivity index (χ4n) is 3.51. The molecule has 0 bridgehead atoms. The Morgan fingerprint density at radius 3 is 2.38 bits per heavy atom. The second-order valence-electron chi connectivity index (χ2n) is 9.16. The lowest BCUT2D eigenvalue weighted by Gasteiger charge is -2.38. The molecule has 0 saturated carbocycles. The highest BCUT2D eigenvalue weighted by molar-refractivity contribution is 7.86. The van der Waals surface area contributed by atoms with Crippen molar-refractivity contribution in [2.24, 2.45) is 21.5 Å². The number of unbranched alkanes of at least 4 members (excludes halogenated alkanes) is 1. The van der Waals surface area contributed by atoms with Gasteiger partial charge in [-0.05, 0) is 70.0 Å².